The highest BCUT2D eigenvalue weighted by Crippen LogP contribution is 2.39. The molecule has 0 fully saturated rings. The number of fused-ring (bicyclic) bond motifs is 6. The molecule has 9 aromatic carbocycles. The van der Waals surface area contributed by atoms with Gasteiger partial charge in [0.1, 0.15) is 33.6 Å². The van der Waals surface area contributed by atoms with Gasteiger partial charge in [-0.05, 0) is 80.9 Å². The van der Waals surface area contributed by atoms with E-state index in [-0.39, 0.29) is 0 Å². The third kappa shape index (κ3) is 7.00. The van der Waals surface area contributed by atoms with Crippen LogP contribution in [-0.2, 0) is 0 Å². The molecule has 0 saturated carbocycles. The highest BCUT2D eigenvalue weighted by Gasteiger charge is 2.21. The van der Waals surface area contributed by atoms with E-state index < -0.39 is 0 Å². The molecular formula is C62H38N4O2. The fourth-order valence-corrected chi connectivity index (χ4v) is 9.26. The monoisotopic (exact) mass is 870 g/mol. The first-order valence-electron chi connectivity index (χ1n) is 22.7. The molecule has 0 saturated heterocycles. The molecule has 6 nitrogen and oxygen atoms in total. The molecule has 0 aliphatic rings. The Balaban J connectivity index is 0.802. The third-order valence-corrected chi connectivity index (χ3v) is 12.8. The minimum Gasteiger partial charge on any atom is -0.452 e. The molecular weight excluding hydrogens is 833 g/mol. The van der Waals surface area contributed by atoms with Gasteiger partial charge in [0.05, 0.1) is 0 Å². The molecule has 0 N–H and O–H groups in total. The van der Waals surface area contributed by atoms with Crippen molar-refractivity contribution < 1.29 is 8.83 Å². The lowest BCUT2D eigenvalue weighted by Gasteiger charge is -2.10. The summed E-state index contributed by atoms with van der Waals surface area (Å²) in [6, 6.07) is 79.5. The van der Waals surface area contributed by atoms with E-state index in [9.17, 15) is 0 Å². The Bertz CT molecular complexity index is 3990. The van der Waals surface area contributed by atoms with E-state index in [0.29, 0.717) is 22.8 Å². The first kappa shape index (κ1) is 39.1. The Hall–Kier alpha value is -9.26. The van der Waals surface area contributed by atoms with Gasteiger partial charge in [-0.1, -0.05) is 194 Å². The van der Waals surface area contributed by atoms with Crippen LogP contribution in [0.1, 0.15) is 0 Å². The van der Waals surface area contributed by atoms with E-state index in [1.165, 1.54) is 0 Å². The SMILES string of the molecule is c1ccc(-c2cccc(-c3nc(-c4ccc(-c5ccc(-c6ccc(-c7nc(-c8cccc(-c9ccccc9)c8)c8oc9ccccc9c8n7)cc6)cc5)cc4)c4oc5ccccc5c4n3)c2)cc1. The standard InChI is InChI=1S/C62H38N4O2/c1-3-13-39(14-4-1)47-17-11-19-49(37-47)56-60-58(52-22-8-10-24-54(52)68-60)65-61(64-56)46-35-31-44(32-36-46)42-27-25-41(26-28-42)43-29-33-45(34-30-43)55-59-57(51-21-7-9-23-53(51)67-59)66-62(63-55)50-20-12-18-48(38-50)40-15-5-2-6-16-40/h1-38H. The highest BCUT2D eigenvalue weighted by molar-refractivity contribution is 6.08. The number of para-hydroxylation sites is 2. The second-order valence-corrected chi connectivity index (χ2v) is 17.0. The van der Waals surface area contributed by atoms with Crippen molar-refractivity contribution in [3.8, 4) is 89.8 Å². The van der Waals surface area contributed by atoms with Crippen molar-refractivity contribution in [2.75, 3.05) is 0 Å². The summed E-state index contributed by atoms with van der Waals surface area (Å²) < 4.78 is 12.9. The summed E-state index contributed by atoms with van der Waals surface area (Å²) >= 11 is 0. The van der Waals surface area contributed by atoms with E-state index in [4.69, 9.17) is 28.8 Å². The van der Waals surface area contributed by atoms with E-state index in [1.54, 1.807) is 0 Å². The molecule has 4 aromatic heterocycles. The first-order chi connectivity index (χ1) is 33.7. The first-order valence-corrected chi connectivity index (χ1v) is 22.7. The van der Waals surface area contributed by atoms with Crippen LogP contribution in [0.3, 0.4) is 0 Å². The maximum absolute atomic E-state index is 6.46. The highest BCUT2D eigenvalue weighted by atomic mass is 16.3. The summed E-state index contributed by atoms with van der Waals surface area (Å²) in [5, 5.41) is 1.93. The summed E-state index contributed by atoms with van der Waals surface area (Å²) in [5.41, 5.74) is 18.8. The van der Waals surface area contributed by atoms with Crippen LogP contribution in [-0.4, -0.2) is 19.9 Å². The molecule has 318 valence electrons. The molecule has 0 unspecified atom stereocenters. The molecule has 68 heavy (non-hydrogen) atoms. The lowest BCUT2D eigenvalue weighted by atomic mass is 9.98. The average molecular weight is 871 g/mol. The van der Waals surface area contributed by atoms with Gasteiger partial charge in [0.15, 0.2) is 22.8 Å². The Morgan fingerprint density at radius 2 is 0.574 bits per heavy atom. The Kier molecular flexibility index (Phi) is 9.39. The number of benzene rings is 9. The minimum atomic E-state index is 0.644. The minimum absolute atomic E-state index is 0.644. The van der Waals surface area contributed by atoms with Crippen LogP contribution < -0.4 is 0 Å². The lowest BCUT2D eigenvalue weighted by molar-refractivity contribution is 0.667. The summed E-state index contributed by atoms with van der Waals surface area (Å²) in [4.78, 5) is 20.6. The van der Waals surface area contributed by atoms with Crippen LogP contribution >= 0.6 is 0 Å². The number of hydrogen-bond acceptors (Lipinski definition) is 6. The summed E-state index contributed by atoms with van der Waals surface area (Å²) in [6.45, 7) is 0. The van der Waals surface area contributed by atoms with Gasteiger partial charge in [0, 0.05) is 33.0 Å². The third-order valence-electron chi connectivity index (χ3n) is 12.8. The molecule has 13 rings (SSSR count). The van der Waals surface area contributed by atoms with Crippen LogP contribution in [0.5, 0.6) is 0 Å². The Morgan fingerprint density at radius 1 is 0.235 bits per heavy atom. The van der Waals surface area contributed by atoms with Gasteiger partial charge < -0.3 is 8.83 Å². The number of hydrogen-bond donors (Lipinski definition) is 0. The molecule has 0 amide bonds. The average Bonchev–Trinajstić information content (AvgIpc) is 4.00. The van der Waals surface area contributed by atoms with Crippen molar-refractivity contribution in [2.45, 2.75) is 0 Å². The molecule has 6 heteroatoms. The number of furan rings is 2. The fraction of sp³-hybridized carbons (Fsp3) is 0. The summed E-state index contributed by atoms with van der Waals surface area (Å²) in [5.74, 6) is 1.30. The number of rotatable bonds is 8. The van der Waals surface area contributed by atoms with E-state index >= 15 is 0 Å². The van der Waals surface area contributed by atoms with E-state index in [0.717, 1.165) is 111 Å². The quantitative estimate of drug-likeness (QED) is 0.151. The second kappa shape index (κ2) is 16.3. The smallest absolute Gasteiger partial charge is 0.180 e. The maximum Gasteiger partial charge on any atom is 0.180 e. The fourth-order valence-electron chi connectivity index (χ4n) is 9.26. The van der Waals surface area contributed by atoms with E-state index in [2.05, 4.69) is 182 Å². The van der Waals surface area contributed by atoms with Crippen molar-refractivity contribution in [3.63, 3.8) is 0 Å². The van der Waals surface area contributed by atoms with Gasteiger partial charge in [-0.3, -0.25) is 0 Å². The maximum atomic E-state index is 6.46. The molecule has 0 radical (unpaired) electrons. The Labute approximate surface area is 391 Å². The topological polar surface area (TPSA) is 77.8 Å². The lowest BCUT2D eigenvalue weighted by Crippen LogP contribution is -1.94. The Morgan fingerprint density at radius 3 is 1.07 bits per heavy atom. The van der Waals surface area contributed by atoms with Gasteiger partial charge in [0.2, 0.25) is 0 Å². The molecule has 0 atom stereocenters. The van der Waals surface area contributed by atoms with Gasteiger partial charge in [0.25, 0.3) is 0 Å². The molecule has 13 aromatic rings. The summed E-state index contributed by atoms with van der Waals surface area (Å²) in [7, 11) is 0. The van der Waals surface area contributed by atoms with Crippen LogP contribution in [0.2, 0.25) is 0 Å². The van der Waals surface area contributed by atoms with Gasteiger partial charge >= 0.3 is 0 Å². The predicted molar refractivity (Wildman–Crippen MR) is 276 cm³/mol. The van der Waals surface area contributed by atoms with Gasteiger partial charge in [-0.25, -0.2) is 19.9 Å². The largest absolute Gasteiger partial charge is 0.452 e. The number of nitrogens with zero attached hydrogens (tertiary/aromatic N) is 4. The van der Waals surface area contributed by atoms with Crippen molar-refractivity contribution >= 4 is 44.1 Å². The van der Waals surface area contributed by atoms with Gasteiger partial charge in [-0.2, -0.15) is 0 Å². The molecule has 0 bridgehead atoms. The van der Waals surface area contributed by atoms with Crippen LogP contribution in [0.25, 0.3) is 134 Å². The zero-order valence-corrected chi connectivity index (χ0v) is 36.5. The van der Waals surface area contributed by atoms with Crippen molar-refractivity contribution in [1.29, 1.82) is 0 Å². The zero-order valence-electron chi connectivity index (χ0n) is 36.5. The summed E-state index contributed by atoms with van der Waals surface area (Å²) in [6.07, 6.45) is 0. The van der Waals surface area contributed by atoms with E-state index in [1.807, 2.05) is 48.5 Å². The predicted octanol–water partition coefficient (Wildman–Crippen LogP) is 16.4. The van der Waals surface area contributed by atoms with Gasteiger partial charge in [-0.15, -0.1) is 0 Å². The molecule has 4 heterocycles. The van der Waals surface area contributed by atoms with Crippen molar-refractivity contribution in [2.24, 2.45) is 0 Å². The molecule has 0 spiro atoms. The van der Waals surface area contributed by atoms with Crippen LogP contribution in [0.4, 0.5) is 0 Å². The van der Waals surface area contributed by atoms with Crippen molar-refractivity contribution in [1.82, 2.24) is 19.9 Å². The zero-order chi connectivity index (χ0) is 45.0. The van der Waals surface area contributed by atoms with Crippen LogP contribution in [0, 0.1) is 0 Å². The molecule has 0 aliphatic carbocycles. The molecule has 0 aliphatic heterocycles. The van der Waals surface area contributed by atoms with Crippen molar-refractivity contribution in [3.05, 3.63) is 231 Å². The normalized spacial score (nSPS) is 11.5. The number of aromatic nitrogens is 4. The second-order valence-electron chi connectivity index (χ2n) is 17.0. The van der Waals surface area contributed by atoms with Crippen LogP contribution in [0.15, 0.2) is 239 Å².